The molecule has 2 aromatic carbocycles. The number of ether oxygens (including phenoxy) is 1. The Morgan fingerprint density at radius 1 is 1.16 bits per heavy atom. The Bertz CT molecular complexity index is 1300. The van der Waals surface area contributed by atoms with Crippen LogP contribution in [-0.4, -0.2) is 47.7 Å². The highest BCUT2D eigenvalue weighted by molar-refractivity contribution is 6.09. The number of amides is 1. The van der Waals surface area contributed by atoms with Gasteiger partial charge in [-0.05, 0) is 80.4 Å². The van der Waals surface area contributed by atoms with Crippen molar-refractivity contribution < 1.29 is 19.0 Å². The van der Waals surface area contributed by atoms with Crippen LogP contribution in [0.2, 0.25) is 0 Å². The van der Waals surface area contributed by atoms with Crippen molar-refractivity contribution in [2.45, 2.75) is 44.6 Å². The number of aliphatic hydroxyl groups excluding tert-OH is 1. The first-order valence-corrected chi connectivity index (χ1v) is 12.7. The quantitative estimate of drug-likeness (QED) is 0.483. The lowest BCUT2D eigenvalue weighted by molar-refractivity contribution is 0.0980. The van der Waals surface area contributed by atoms with Crippen LogP contribution in [0, 0.1) is 5.82 Å². The Morgan fingerprint density at radius 2 is 1.95 bits per heavy atom. The third kappa shape index (κ3) is 5.14. The Hall–Kier alpha value is -3.56. The summed E-state index contributed by atoms with van der Waals surface area (Å²) in [6.07, 6.45) is 7.07. The fourth-order valence-electron chi connectivity index (χ4n) is 5.05. The first kappa shape index (κ1) is 25.1. The van der Waals surface area contributed by atoms with Gasteiger partial charge in [0.1, 0.15) is 17.8 Å². The van der Waals surface area contributed by atoms with E-state index in [0.717, 1.165) is 5.56 Å². The number of aromatic nitrogens is 2. The number of methoxy groups -OCH3 is 1. The minimum Gasteiger partial charge on any atom is -0.491 e. The van der Waals surface area contributed by atoms with Gasteiger partial charge in [0.2, 0.25) is 0 Å². The number of nitrogens with zero attached hydrogens (tertiary/aromatic N) is 3. The monoisotopic (exact) mass is 505 g/mol. The van der Waals surface area contributed by atoms with Crippen molar-refractivity contribution in [3.05, 3.63) is 64.7 Å². The average molecular weight is 506 g/mol. The largest absolute Gasteiger partial charge is 0.491 e. The number of benzene rings is 2. The molecule has 8 nitrogen and oxygen atoms in total. The second kappa shape index (κ2) is 10.8. The van der Waals surface area contributed by atoms with Crippen LogP contribution in [0.3, 0.4) is 0 Å². The summed E-state index contributed by atoms with van der Waals surface area (Å²) in [4.78, 5) is 23.0. The number of hydrogen-bond acceptors (Lipinski definition) is 7. The predicted octanol–water partition coefficient (Wildman–Crippen LogP) is 3.82. The Labute approximate surface area is 215 Å². The molecule has 1 aromatic heterocycles. The van der Waals surface area contributed by atoms with Gasteiger partial charge in [-0.25, -0.2) is 14.4 Å². The SMILES string of the molecule is C1CCNC1.COc1c(N)ncnc1-c1cc(F)cc(N2CCc3cc(C4CC4)ccc3C2=O)c1CO. The van der Waals surface area contributed by atoms with E-state index < -0.39 is 12.4 Å². The number of fused-ring (bicyclic) bond motifs is 1. The molecule has 2 aliphatic heterocycles. The van der Waals surface area contributed by atoms with Gasteiger partial charge in [-0.3, -0.25) is 4.79 Å². The molecule has 194 valence electrons. The number of carbonyl (C=O) groups is 1. The topological polar surface area (TPSA) is 114 Å². The average Bonchev–Trinajstić information content (AvgIpc) is 3.58. The maximum atomic E-state index is 14.8. The summed E-state index contributed by atoms with van der Waals surface area (Å²) in [6.45, 7) is 2.47. The van der Waals surface area contributed by atoms with Crippen molar-refractivity contribution in [3.8, 4) is 17.0 Å². The molecule has 9 heteroatoms. The Balaban J connectivity index is 0.000000503. The molecule has 2 fully saturated rings. The summed E-state index contributed by atoms with van der Waals surface area (Å²) < 4.78 is 20.1. The number of hydrogen-bond donors (Lipinski definition) is 3. The maximum absolute atomic E-state index is 14.8. The van der Waals surface area contributed by atoms with Crippen LogP contribution < -0.4 is 20.7 Å². The van der Waals surface area contributed by atoms with Crippen LogP contribution in [0.1, 0.15) is 58.6 Å². The fourth-order valence-corrected chi connectivity index (χ4v) is 5.05. The van der Waals surface area contributed by atoms with Gasteiger partial charge in [0, 0.05) is 23.2 Å². The lowest BCUT2D eigenvalue weighted by Crippen LogP contribution is -2.38. The lowest BCUT2D eigenvalue weighted by atomic mass is 9.93. The number of nitrogens with one attached hydrogen (secondary N) is 1. The van der Waals surface area contributed by atoms with Crippen LogP contribution in [0.5, 0.6) is 5.75 Å². The maximum Gasteiger partial charge on any atom is 0.258 e. The molecule has 37 heavy (non-hydrogen) atoms. The zero-order valence-corrected chi connectivity index (χ0v) is 21.0. The highest BCUT2D eigenvalue weighted by Gasteiger charge is 2.31. The number of anilines is 2. The minimum absolute atomic E-state index is 0.0987. The third-order valence-corrected chi connectivity index (χ3v) is 7.15. The number of halogens is 1. The molecule has 0 radical (unpaired) electrons. The van der Waals surface area contributed by atoms with E-state index in [2.05, 4.69) is 21.4 Å². The van der Waals surface area contributed by atoms with Crippen molar-refractivity contribution in [1.29, 1.82) is 0 Å². The van der Waals surface area contributed by atoms with Crippen LogP contribution in [-0.2, 0) is 13.0 Å². The zero-order valence-electron chi connectivity index (χ0n) is 21.0. The van der Waals surface area contributed by atoms with E-state index in [4.69, 9.17) is 10.5 Å². The summed E-state index contributed by atoms with van der Waals surface area (Å²) in [6, 6.07) is 8.53. The second-order valence-corrected chi connectivity index (χ2v) is 9.60. The number of nitrogens with two attached hydrogens (primary N) is 1. The smallest absolute Gasteiger partial charge is 0.258 e. The van der Waals surface area contributed by atoms with Crippen LogP contribution >= 0.6 is 0 Å². The van der Waals surface area contributed by atoms with Crippen LogP contribution in [0.15, 0.2) is 36.7 Å². The highest BCUT2D eigenvalue weighted by atomic mass is 19.1. The molecule has 0 unspecified atom stereocenters. The number of rotatable bonds is 5. The molecule has 1 saturated heterocycles. The first-order chi connectivity index (χ1) is 18.0. The lowest BCUT2D eigenvalue weighted by Gasteiger charge is -2.31. The molecule has 0 atom stereocenters. The fraction of sp³-hybridized carbons (Fsp3) is 0.393. The highest BCUT2D eigenvalue weighted by Crippen LogP contribution is 2.42. The van der Waals surface area contributed by atoms with Gasteiger partial charge < -0.3 is 25.8 Å². The molecule has 1 aliphatic carbocycles. The van der Waals surface area contributed by atoms with Gasteiger partial charge in [-0.2, -0.15) is 0 Å². The Morgan fingerprint density at radius 3 is 2.59 bits per heavy atom. The summed E-state index contributed by atoms with van der Waals surface area (Å²) in [5.41, 5.74) is 10.0. The minimum atomic E-state index is -0.561. The van der Waals surface area contributed by atoms with Gasteiger partial charge in [-0.15, -0.1) is 0 Å². The van der Waals surface area contributed by atoms with Gasteiger partial charge in [0.25, 0.3) is 5.91 Å². The summed E-state index contributed by atoms with van der Waals surface area (Å²) in [5, 5.41) is 13.4. The van der Waals surface area contributed by atoms with Crippen LogP contribution in [0.25, 0.3) is 11.3 Å². The molecule has 0 spiro atoms. The third-order valence-electron chi connectivity index (χ3n) is 7.15. The van der Waals surface area contributed by atoms with Gasteiger partial charge in [-0.1, -0.05) is 12.1 Å². The van der Waals surface area contributed by atoms with E-state index in [-0.39, 0.29) is 23.2 Å². The molecule has 1 amide bonds. The molecule has 3 heterocycles. The van der Waals surface area contributed by atoms with Gasteiger partial charge in [0.15, 0.2) is 11.6 Å². The number of nitrogen functional groups attached to an aromatic ring is 1. The molecule has 0 bridgehead atoms. The number of aliphatic hydroxyl groups is 1. The normalized spacial score (nSPS) is 16.7. The standard InChI is InChI=1S/C24H23FN4O3.C4H9N/c1-32-22-21(27-12-28-23(22)26)18-9-16(25)10-20(19(18)11-30)29-7-6-15-8-14(13-2-3-13)4-5-17(15)24(29)31;1-2-4-5-3-1/h4-5,8-10,12-13,30H,2-3,6-7,11H2,1H3,(H2,26,27,28);5H,1-4H2. The van der Waals surface area contributed by atoms with E-state index in [1.165, 1.54) is 74.8 Å². The Kier molecular flexibility index (Phi) is 7.34. The molecule has 3 aliphatic rings. The van der Waals surface area contributed by atoms with Crippen molar-refractivity contribution >= 4 is 17.4 Å². The van der Waals surface area contributed by atoms with Crippen molar-refractivity contribution in [3.63, 3.8) is 0 Å². The second-order valence-electron chi connectivity index (χ2n) is 9.60. The van der Waals surface area contributed by atoms with Crippen molar-refractivity contribution in [2.24, 2.45) is 0 Å². The van der Waals surface area contributed by atoms with Gasteiger partial charge in [0.05, 0.1) is 19.4 Å². The first-order valence-electron chi connectivity index (χ1n) is 12.7. The summed E-state index contributed by atoms with van der Waals surface area (Å²) in [5.74, 6) is 0.113. The van der Waals surface area contributed by atoms with Gasteiger partial charge >= 0.3 is 0 Å². The summed E-state index contributed by atoms with van der Waals surface area (Å²) in [7, 11) is 1.42. The molecule has 6 rings (SSSR count). The van der Waals surface area contributed by atoms with E-state index in [9.17, 15) is 14.3 Å². The molecular weight excluding hydrogens is 473 g/mol. The van der Waals surface area contributed by atoms with E-state index in [1.807, 2.05) is 12.1 Å². The van der Waals surface area contributed by atoms with Crippen molar-refractivity contribution in [2.75, 3.05) is 37.4 Å². The molecular formula is C28H32FN5O3. The zero-order chi connectivity index (χ0) is 25.9. The summed E-state index contributed by atoms with van der Waals surface area (Å²) >= 11 is 0. The molecule has 1 saturated carbocycles. The van der Waals surface area contributed by atoms with E-state index in [1.54, 1.807) is 0 Å². The molecule has 3 aromatic rings. The predicted molar refractivity (Wildman–Crippen MR) is 140 cm³/mol. The van der Waals surface area contributed by atoms with E-state index >= 15 is 0 Å². The van der Waals surface area contributed by atoms with E-state index in [0.29, 0.717) is 41.3 Å². The number of carbonyl (C=O) groups excluding carboxylic acids is 1. The van der Waals surface area contributed by atoms with Crippen molar-refractivity contribution in [1.82, 2.24) is 15.3 Å². The molecule has 4 N–H and O–H groups in total. The van der Waals surface area contributed by atoms with Crippen LogP contribution in [0.4, 0.5) is 15.9 Å².